The van der Waals surface area contributed by atoms with E-state index in [-0.39, 0.29) is 5.91 Å². The average molecular weight is 372 g/mol. The Morgan fingerprint density at radius 3 is 2.65 bits per heavy atom. The van der Waals surface area contributed by atoms with Gasteiger partial charge in [0.2, 0.25) is 0 Å². The van der Waals surface area contributed by atoms with E-state index in [4.69, 9.17) is 23.2 Å². The molecule has 0 atom stereocenters. The number of carbonyl (C=O) groups excluding carboxylic acids is 1. The van der Waals surface area contributed by atoms with Crippen LogP contribution in [0.15, 0.2) is 52.0 Å². The molecular formula is C14H9BrCl2N2O. The van der Waals surface area contributed by atoms with E-state index in [9.17, 15) is 4.79 Å². The van der Waals surface area contributed by atoms with Gasteiger partial charge in [-0.2, -0.15) is 5.10 Å². The van der Waals surface area contributed by atoms with Crippen molar-refractivity contribution < 1.29 is 4.79 Å². The fourth-order valence-corrected chi connectivity index (χ4v) is 2.39. The fraction of sp³-hybridized carbons (Fsp3) is 0. The zero-order valence-electron chi connectivity index (χ0n) is 10.1. The van der Waals surface area contributed by atoms with Gasteiger partial charge in [-0.1, -0.05) is 41.4 Å². The number of halogens is 3. The van der Waals surface area contributed by atoms with Crippen molar-refractivity contribution in [2.45, 2.75) is 0 Å². The van der Waals surface area contributed by atoms with E-state index in [1.165, 1.54) is 6.21 Å². The quantitative estimate of drug-likeness (QED) is 0.625. The summed E-state index contributed by atoms with van der Waals surface area (Å²) in [6, 6.07) is 12.1. The van der Waals surface area contributed by atoms with Crippen molar-refractivity contribution in [3.05, 3.63) is 68.1 Å². The normalized spacial score (nSPS) is 10.8. The SMILES string of the molecule is O=C(N/N=C/c1ccc(Cl)cc1Cl)c1ccccc1Br. The summed E-state index contributed by atoms with van der Waals surface area (Å²) < 4.78 is 0.706. The molecule has 0 heterocycles. The second-order valence-corrected chi connectivity index (χ2v) is 5.54. The Kier molecular flexibility index (Phi) is 5.17. The summed E-state index contributed by atoms with van der Waals surface area (Å²) in [7, 11) is 0. The molecule has 102 valence electrons. The third-order valence-electron chi connectivity index (χ3n) is 2.45. The largest absolute Gasteiger partial charge is 0.272 e. The van der Waals surface area contributed by atoms with E-state index in [1.807, 2.05) is 6.07 Å². The molecule has 2 aromatic rings. The van der Waals surface area contributed by atoms with Gasteiger partial charge in [0.05, 0.1) is 16.8 Å². The van der Waals surface area contributed by atoms with E-state index in [2.05, 4.69) is 26.5 Å². The molecule has 1 amide bonds. The maximum Gasteiger partial charge on any atom is 0.272 e. The second-order valence-electron chi connectivity index (χ2n) is 3.84. The molecular weight excluding hydrogens is 363 g/mol. The molecule has 0 aromatic heterocycles. The van der Waals surface area contributed by atoms with Crippen molar-refractivity contribution in [3.63, 3.8) is 0 Å². The average Bonchev–Trinajstić information content (AvgIpc) is 2.41. The van der Waals surface area contributed by atoms with Crippen LogP contribution in [0.1, 0.15) is 15.9 Å². The molecule has 0 radical (unpaired) electrons. The number of benzene rings is 2. The predicted molar refractivity (Wildman–Crippen MR) is 85.7 cm³/mol. The third-order valence-corrected chi connectivity index (χ3v) is 3.70. The third kappa shape index (κ3) is 3.82. The van der Waals surface area contributed by atoms with Crippen LogP contribution in [0.5, 0.6) is 0 Å². The van der Waals surface area contributed by atoms with Crippen LogP contribution in [0.2, 0.25) is 10.0 Å². The van der Waals surface area contributed by atoms with E-state index in [1.54, 1.807) is 36.4 Å². The van der Waals surface area contributed by atoms with Crippen LogP contribution in [0, 0.1) is 0 Å². The molecule has 0 unspecified atom stereocenters. The molecule has 0 saturated carbocycles. The highest BCUT2D eigenvalue weighted by molar-refractivity contribution is 9.10. The van der Waals surface area contributed by atoms with E-state index < -0.39 is 0 Å². The summed E-state index contributed by atoms with van der Waals surface area (Å²) in [4.78, 5) is 11.9. The molecule has 20 heavy (non-hydrogen) atoms. The van der Waals surface area contributed by atoms with Gasteiger partial charge in [0.1, 0.15) is 0 Å². The lowest BCUT2D eigenvalue weighted by molar-refractivity contribution is 0.0954. The first-order valence-electron chi connectivity index (χ1n) is 5.61. The van der Waals surface area contributed by atoms with Crippen molar-refractivity contribution >= 4 is 51.3 Å². The van der Waals surface area contributed by atoms with Crippen LogP contribution in [0.3, 0.4) is 0 Å². The molecule has 1 N–H and O–H groups in total. The van der Waals surface area contributed by atoms with Gasteiger partial charge in [-0.3, -0.25) is 4.79 Å². The molecule has 0 aliphatic rings. The van der Waals surface area contributed by atoms with Gasteiger partial charge in [0, 0.05) is 15.1 Å². The van der Waals surface area contributed by atoms with E-state index in [0.29, 0.717) is 25.6 Å². The molecule has 0 saturated heterocycles. The Bertz CT molecular complexity index is 674. The van der Waals surface area contributed by atoms with E-state index in [0.717, 1.165) is 0 Å². The molecule has 6 heteroatoms. The zero-order valence-corrected chi connectivity index (χ0v) is 13.2. The molecule has 0 aliphatic heterocycles. The van der Waals surface area contributed by atoms with Crippen LogP contribution in [-0.2, 0) is 0 Å². The van der Waals surface area contributed by atoms with Gasteiger partial charge >= 0.3 is 0 Å². The topological polar surface area (TPSA) is 41.5 Å². The zero-order chi connectivity index (χ0) is 14.5. The Hall–Kier alpha value is -1.36. The molecule has 0 bridgehead atoms. The molecule has 3 nitrogen and oxygen atoms in total. The van der Waals surface area contributed by atoms with Crippen LogP contribution < -0.4 is 5.43 Å². The van der Waals surface area contributed by atoms with Gasteiger partial charge in [0.15, 0.2) is 0 Å². The van der Waals surface area contributed by atoms with Crippen molar-refractivity contribution in [2.24, 2.45) is 5.10 Å². The number of rotatable bonds is 3. The van der Waals surface area contributed by atoms with Gasteiger partial charge in [-0.05, 0) is 40.2 Å². The Morgan fingerprint density at radius 2 is 1.95 bits per heavy atom. The Balaban J connectivity index is 2.07. The minimum absolute atomic E-state index is 0.307. The summed E-state index contributed by atoms with van der Waals surface area (Å²) in [5.74, 6) is -0.307. The summed E-state index contributed by atoms with van der Waals surface area (Å²) in [6.07, 6.45) is 1.47. The number of hydrogen-bond donors (Lipinski definition) is 1. The number of amides is 1. The first-order chi connectivity index (χ1) is 9.58. The highest BCUT2D eigenvalue weighted by Gasteiger charge is 2.07. The van der Waals surface area contributed by atoms with Crippen molar-refractivity contribution in [2.75, 3.05) is 0 Å². The molecule has 2 aromatic carbocycles. The highest BCUT2D eigenvalue weighted by Crippen LogP contribution is 2.19. The van der Waals surface area contributed by atoms with Gasteiger partial charge < -0.3 is 0 Å². The smallest absolute Gasteiger partial charge is 0.267 e. The van der Waals surface area contributed by atoms with Crippen molar-refractivity contribution in [3.8, 4) is 0 Å². The first-order valence-corrected chi connectivity index (χ1v) is 7.16. The standard InChI is InChI=1S/C14H9BrCl2N2O/c15-12-4-2-1-3-11(12)14(20)19-18-8-9-5-6-10(16)7-13(9)17/h1-8H,(H,19,20)/b18-8+. The monoisotopic (exact) mass is 370 g/mol. The lowest BCUT2D eigenvalue weighted by Crippen LogP contribution is -2.18. The Morgan fingerprint density at radius 1 is 1.20 bits per heavy atom. The number of hydrazone groups is 1. The maximum atomic E-state index is 11.9. The number of hydrogen-bond acceptors (Lipinski definition) is 2. The van der Waals surface area contributed by atoms with Crippen molar-refractivity contribution in [1.29, 1.82) is 0 Å². The van der Waals surface area contributed by atoms with Gasteiger partial charge in [-0.25, -0.2) is 5.43 Å². The van der Waals surface area contributed by atoms with Crippen LogP contribution >= 0.6 is 39.1 Å². The van der Waals surface area contributed by atoms with Crippen LogP contribution in [0.4, 0.5) is 0 Å². The summed E-state index contributed by atoms with van der Waals surface area (Å²) >= 11 is 15.1. The van der Waals surface area contributed by atoms with E-state index >= 15 is 0 Å². The molecule has 0 spiro atoms. The number of nitrogens with one attached hydrogen (secondary N) is 1. The lowest BCUT2D eigenvalue weighted by Gasteiger charge is -2.02. The van der Waals surface area contributed by atoms with Gasteiger partial charge in [0.25, 0.3) is 5.91 Å². The van der Waals surface area contributed by atoms with Gasteiger partial charge in [-0.15, -0.1) is 0 Å². The maximum absolute atomic E-state index is 11.9. The molecule has 0 fully saturated rings. The highest BCUT2D eigenvalue weighted by atomic mass is 79.9. The first kappa shape index (κ1) is 15.0. The van der Waals surface area contributed by atoms with Crippen LogP contribution in [0.25, 0.3) is 0 Å². The number of carbonyl (C=O) groups is 1. The Labute approximate surface area is 134 Å². The predicted octanol–water partition coefficient (Wildman–Crippen LogP) is 4.52. The fourth-order valence-electron chi connectivity index (χ4n) is 1.47. The second kappa shape index (κ2) is 6.88. The minimum atomic E-state index is -0.307. The molecule has 0 aliphatic carbocycles. The number of nitrogens with zero attached hydrogens (tertiary/aromatic N) is 1. The molecule has 2 rings (SSSR count). The van der Waals surface area contributed by atoms with Crippen molar-refractivity contribution in [1.82, 2.24) is 5.43 Å². The summed E-state index contributed by atoms with van der Waals surface area (Å²) in [5.41, 5.74) is 3.62. The minimum Gasteiger partial charge on any atom is -0.267 e. The summed E-state index contributed by atoms with van der Waals surface area (Å²) in [5, 5.41) is 4.89. The lowest BCUT2D eigenvalue weighted by atomic mass is 10.2. The summed E-state index contributed by atoms with van der Waals surface area (Å²) in [6.45, 7) is 0. The van der Waals surface area contributed by atoms with Crippen LogP contribution in [-0.4, -0.2) is 12.1 Å².